The lowest BCUT2D eigenvalue weighted by Crippen LogP contribution is -2.25. The van der Waals surface area contributed by atoms with Gasteiger partial charge in [0.2, 0.25) is 5.88 Å². The summed E-state index contributed by atoms with van der Waals surface area (Å²) in [6, 6.07) is 5.49. The Balaban J connectivity index is 2.66. The van der Waals surface area contributed by atoms with Crippen LogP contribution < -0.4 is 5.73 Å². The summed E-state index contributed by atoms with van der Waals surface area (Å²) in [4.78, 5) is 16.1. The minimum Gasteiger partial charge on any atom is -0.466 e. The first kappa shape index (κ1) is 14.6. The molecule has 1 aliphatic rings. The molecule has 0 aliphatic carbocycles. The van der Waals surface area contributed by atoms with Gasteiger partial charge in [0.05, 0.1) is 18.6 Å². The number of ether oxygens (including phenoxy) is 2. The summed E-state index contributed by atoms with van der Waals surface area (Å²) in [7, 11) is 1.29. The predicted octanol–water partition coefficient (Wildman–Crippen LogP) is 1.73. The number of aromatic nitrogens is 1. The molecule has 0 fully saturated rings. The van der Waals surface area contributed by atoms with Crippen molar-refractivity contribution in [3.05, 3.63) is 52.9 Å². The SMILES string of the molecule is CCC1=C(C(=O)OC)[C@H](c2ccncc2)C(C#N)=C(N)O1. The summed E-state index contributed by atoms with van der Waals surface area (Å²) in [5.41, 5.74) is 7.05. The lowest BCUT2D eigenvalue weighted by Gasteiger charge is -2.27. The highest BCUT2D eigenvalue weighted by Gasteiger charge is 2.36. The summed E-state index contributed by atoms with van der Waals surface area (Å²) in [5.74, 6) is -0.702. The largest absolute Gasteiger partial charge is 0.466 e. The molecule has 0 amide bonds. The molecule has 108 valence electrons. The Labute approximate surface area is 122 Å². The summed E-state index contributed by atoms with van der Waals surface area (Å²) in [6.07, 6.45) is 3.65. The van der Waals surface area contributed by atoms with E-state index in [1.807, 2.05) is 13.0 Å². The molecule has 0 radical (unpaired) electrons. The molecular formula is C15H15N3O3. The molecule has 1 atom stereocenters. The van der Waals surface area contributed by atoms with Gasteiger partial charge in [0.25, 0.3) is 0 Å². The van der Waals surface area contributed by atoms with Gasteiger partial charge in [0.1, 0.15) is 17.4 Å². The number of carbonyl (C=O) groups is 1. The average Bonchev–Trinajstić information content (AvgIpc) is 2.53. The first-order valence-corrected chi connectivity index (χ1v) is 6.42. The zero-order valence-corrected chi connectivity index (χ0v) is 11.8. The van der Waals surface area contributed by atoms with Crippen LogP contribution in [-0.2, 0) is 14.3 Å². The number of esters is 1. The van der Waals surface area contributed by atoms with Crippen LogP contribution >= 0.6 is 0 Å². The fourth-order valence-corrected chi connectivity index (χ4v) is 2.30. The van der Waals surface area contributed by atoms with Crippen LogP contribution in [0.15, 0.2) is 47.3 Å². The fraction of sp³-hybridized carbons (Fsp3) is 0.267. The Morgan fingerprint density at radius 2 is 2.19 bits per heavy atom. The Bertz CT molecular complexity index is 656. The predicted molar refractivity (Wildman–Crippen MR) is 74.2 cm³/mol. The molecule has 2 rings (SSSR count). The molecule has 6 nitrogen and oxygen atoms in total. The van der Waals surface area contributed by atoms with Gasteiger partial charge >= 0.3 is 5.97 Å². The Morgan fingerprint density at radius 1 is 1.52 bits per heavy atom. The third-order valence-corrected chi connectivity index (χ3v) is 3.26. The Hall–Kier alpha value is -2.81. The second-order valence-electron chi connectivity index (χ2n) is 4.39. The highest BCUT2D eigenvalue weighted by molar-refractivity contribution is 5.92. The Kier molecular flexibility index (Phi) is 4.24. The molecule has 1 aromatic rings. The molecule has 0 saturated carbocycles. The minimum absolute atomic E-state index is 0.0174. The molecule has 0 spiro atoms. The van der Waals surface area contributed by atoms with Crippen molar-refractivity contribution in [1.82, 2.24) is 4.98 Å². The number of nitrogens with two attached hydrogens (primary N) is 1. The van der Waals surface area contributed by atoms with E-state index >= 15 is 0 Å². The van der Waals surface area contributed by atoms with Crippen molar-refractivity contribution in [2.45, 2.75) is 19.3 Å². The zero-order valence-electron chi connectivity index (χ0n) is 11.8. The van der Waals surface area contributed by atoms with Crippen LogP contribution in [0.1, 0.15) is 24.8 Å². The second kappa shape index (κ2) is 6.09. The van der Waals surface area contributed by atoms with Crippen LogP contribution in [0.3, 0.4) is 0 Å². The molecule has 21 heavy (non-hydrogen) atoms. The normalized spacial score (nSPS) is 18.0. The standard InChI is InChI=1S/C15H15N3O3/c1-3-11-13(15(19)20-2)12(9-4-6-18-7-5-9)10(8-16)14(17)21-11/h4-7,12H,3,17H2,1-2H3/t12-/m1/s1. The van der Waals surface area contributed by atoms with Crippen molar-refractivity contribution < 1.29 is 14.3 Å². The maximum atomic E-state index is 12.1. The molecule has 2 N–H and O–H groups in total. The number of allylic oxidation sites excluding steroid dienone is 2. The van der Waals surface area contributed by atoms with Crippen LogP contribution in [0.2, 0.25) is 0 Å². The van der Waals surface area contributed by atoms with E-state index in [9.17, 15) is 10.1 Å². The van der Waals surface area contributed by atoms with Gasteiger partial charge in [-0.1, -0.05) is 6.92 Å². The van der Waals surface area contributed by atoms with E-state index in [-0.39, 0.29) is 11.5 Å². The smallest absolute Gasteiger partial charge is 0.338 e. The minimum atomic E-state index is -0.603. The molecule has 2 heterocycles. The number of hydrogen-bond acceptors (Lipinski definition) is 6. The third-order valence-electron chi connectivity index (χ3n) is 3.26. The number of pyridine rings is 1. The van der Waals surface area contributed by atoms with Gasteiger partial charge < -0.3 is 15.2 Å². The van der Waals surface area contributed by atoms with Crippen molar-refractivity contribution in [1.29, 1.82) is 5.26 Å². The van der Waals surface area contributed by atoms with Crippen LogP contribution in [0, 0.1) is 11.3 Å². The first-order valence-electron chi connectivity index (χ1n) is 6.42. The summed E-state index contributed by atoms with van der Waals surface area (Å²) >= 11 is 0. The topological polar surface area (TPSA) is 98.2 Å². The van der Waals surface area contributed by atoms with Gasteiger partial charge in [-0.3, -0.25) is 4.98 Å². The van der Waals surface area contributed by atoms with Crippen molar-refractivity contribution in [3.63, 3.8) is 0 Å². The summed E-state index contributed by atoms with van der Waals surface area (Å²) in [5, 5.41) is 9.37. The number of hydrogen-bond donors (Lipinski definition) is 1. The van der Waals surface area contributed by atoms with E-state index in [4.69, 9.17) is 15.2 Å². The van der Waals surface area contributed by atoms with Crippen molar-refractivity contribution in [3.8, 4) is 6.07 Å². The number of rotatable bonds is 3. The van der Waals surface area contributed by atoms with E-state index < -0.39 is 11.9 Å². The highest BCUT2D eigenvalue weighted by atomic mass is 16.5. The molecule has 0 aromatic carbocycles. The molecule has 1 aliphatic heterocycles. The van der Waals surface area contributed by atoms with E-state index in [1.165, 1.54) is 7.11 Å². The quantitative estimate of drug-likeness (QED) is 0.849. The van der Waals surface area contributed by atoms with E-state index in [2.05, 4.69) is 4.98 Å². The Morgan fingerprint density at radius 3 is 2.71 bits per heavy atom. The van der Waals surface area contributed by atoms with Gasteiger partial charge in [-0.2, -0.15) is 5.26 Å². The number of nitrogens with zero attached hydrogens (tertiary/aromatic N) is 2. The van der Waals surface area contributed by atoms with Gasteiger partial charge in [0.15, 0.2) is 0 Å². The molecule has 0 saturated heterocycles. The molecule has 0 bridgehead atoms. The average molecular weight is 285 g/mol. The van der Waals surface area contributed by atoms with Crippen LogP contribution in [0.5, 0.6) is 0 Å². The summed E-state index contributed by atoms with van der Waals surface area (Å²) in [6.45, 7) is 1.84. The fourth-order valence-electron chi connectivity index (χ4n) is 2.30. The van der Waals surface area contributed by atoms with Crippen molar-refractivity contribution in [2.24, 2.45) is 5.73 Å². The van der Waals surface area contributed by atoms with Crippen LogP contribution in [0.4, 0.5) is 0 Å². The number of carbonyl (C=O) groups excluding carboxylic acids is 1. The lowest BCUT2D eigenvalue weighted by molar-refractivity contribution is -0.136. The lowest BCUT2D eigenvalue weighted by atomic mass is 9.83. The van der Waals surface area contributed by atoms with E-state index in [1.54, 1.807) is 24.5 Å². The molecule has 0 unspecified atom stereocenters. The molecular weight excluding hydrogens is 270 g/mol. The van der Waals surface area contributed by atoms with Crippen molar-refractivity contribution >= 4 is 5.97 Å². The third kappa shape index (κ3) is 2.58. The maximum Gasteiger partial charge on any atom is 0.338 e. The maximum absolute atomic E-state index is 12.1. The molecule has 6 heteroatoms. The first-order chi connectivity index (χ1) is 10.1. The summed E-state index contributed by atoms with van der Waals surface area (Å²) < 4.78 is 10.3. The molecule has 1 aromatic heterocycles. The monoisotopic (exact) mass is 285 g/mol. The van der Waals surface area contributed by atoms with E-state index in [0.29, 0.717) is 17.8 Å². The number of nitriles is 1. The van der Waals surface area contributed by atoms with Crippen molar-refractivity contribution in [2.75, 3.05) is 7.11 Å². The van der Waals surface area contributed by atoms with E-state index in [0.717, 1.165) is 5.56 Å². The number of methoxy groups -OCH3 is 1. The van der Waals surface area contributed by atoms with Gasteiger partial charge in [-0.15, -0.1) is 0 Å². The van der Waals surface area contributed by atoms with Gasteiger partial charge in [0, 0.05) is 18.8 Å². The van der Waals surface area contributed by atoms with Crippen LogP contribution in [-0.4, -0.2) is 18.1 Å². The van der Waals surface area contributed by atoms with Gasteiger partial charge in [-0.25, -0.2) is 4.79 Å². The highest BCUT2D eigenvalue weighted by Crippen LogP contribution is 2.40. The van der Waals surface area contributed by atoms with Crippen LogP contribution in [0.25, 0.3) is 0 Å². The van der Waals surface area contributed by atoms with Gasteiger partial charge in [-0.05, 0) is 17.7 Å². The second-order valence-corrected chi connectivity index (χ2v) is 4.39. The zero-order chi connectivity index (χ0) is 15.4.